The molecule has 1 unspecified atom stereocenters. The average molecular weight is 412 g/mol. The molecular formula is C21H35ClFN5. The normalized spacial score (nSPS) is 18.2. The van der Waals surface area contributed by atoms with Crippen LogP contribution in [0, 0.1) is 11.7 Å². The number of piperazine rings is 1. The highest BCUT2D eigenvalue weighted by Gasteiger charge is 2.24. The zero-order valence-electron chi connectivity index (χ0n) is 17.9. The van der Waals surface area contributed by atoms with Gasteiger partial charge in [0.2, 0.25) is 0 Å². The van der Waals surface area contributed by atoms with Gasteiger partial charge in [-0.15, -0.1) is 0 Å². The summed E-state index contributed by atoms with van der Waals surface area (Å²) < 4.78 is 13.3. The molecule has 0 spiro atoms. The summed E-state index contributed by atoms with van der Waals surface area (Å²) in [7, 11) is 3.96. The Hall–Kier alpha value is -1.37. The molecule has 0 amide bonds. The Balaban J connectivity index is 1.80. The molecule has 0 radical (unpaired) electrons. The fourth-order valence-electron chi connectivity index (χ4n) is 3.47. The third-order valence-electron chi connectivity index (χ3n) is 5.37. The zero-order chi connectivity index (χ0) is 20.7. The van der Waals surface area contributed by atoms with Gasteiger partial charge in [0.15, 0.2) is 5.96 Å². The summed E-state index contributed by atoms with van der Waals surface area (Å²) in [5.41, 5.74) is 0.662. The van der Waals surface area contributed by atoms with Crippen LogP contribution in [0.15, 0.2) is 23.2 Å². The zero-order valence-corrected chi connectivity index (χ0v) is 18.6. The molecule has 1 aromatic rings. The predicted molar refractivity (Wildman–Crippen MR) is 117 cm³/mol. The van der Waals surface area contributed by atoms with Crippen molar-refractivity contribution in [1.82, 2.24) is 20.4 Å². The van der Waals surface area contributed by atoms with Crippen LogP contribution in [0.3, 0.4) is 0 Å². The first-order valence-corrected chi connectivity index (χ1v) is 10.4. The molecule has 1 aromatic carbocycles. The summed E-state index contributed by atoms with van der Waals surface area (Å²) in [5, 5.41) is 7.26. The molecule has 1 aliphatic heterocycles. The number of hydrogen-bond acceptors (Lipinski definition) is 3. The molecule has 1 saturated heterocycles. The van der Waals surface area contributed by atoms with Crippen molar-refractivity contribution >= 4 is 17.6 Å². The van der Waals surface area contributed by atoms with Gasteiger partial charge in [-0.25, -0.2) is 4.39 Å². The van der Waals surface area contributed by atoms with E-state index in [0.29, 0.717) is 17.5 Å². The molecule has 0 bridgehead atoms. The quantitative estimate of drug-likeness (QED) is 0.535. The van der Waals surface area contributed by atoms with Gasteiger partial charge in [-0.05, 0) is 30.7 Å². The van der Waals surface area contributed by atoms with Gasteiger partial charge in [0.25, 0.3) is 0 Å². The first-order valence-electron chi connectivity index (χ1n) is 10.0. The van der Waals surface area contributed by atoms with Crippen LogP contribution in [-0.4, -0.2) is 75.7 Å². The minimum atomic E-state index is -0.315. The number of nitrogens with one attached hydrogen (secondary N) is 2. The van der Waals surface area contributed by atoms with Crippen molar-refractivity contribution in [2.75, 3.05) is 59.9 Å². The van der Waals surface area contributed by atoms with Gasteiger partial charge in [-0.3, -0.25) is 4.99 Å². The number of halogens is 2. The number of nitrogens with zero attached hydrogens (tertiary/aromatic N) is 3. The standard InChI is InChI=1S/C21H35ClFN5/c1-16(14-28-10-8-27(5)9-11-28)13-25-20(24-4)26-15-21(2,3)18-7-6-17(23)12-19(18)22/h6-7,12,16H,8-11,13-15H2,1-5H3,(H2,24,25,26). The molecule has 1 atom stereocenters. The van der Waals surface area contributed by atoms with Crippen LogP contribution in [0.25, 0.3) is 0 Å². The van der Waals surface area contributed by atoms with Gasteiger partial charge in [-0.2, -0.15) is 0 Å². The lowest BCUT2D eigenvalue weighted by Crippen LogP contribution is -2.48. The lowest BCUT2D eigenvalue weighted by Gasteiger charge is -2.34. The van der Waals surface area contributed by atoms with E-state index in [-0.39, 0.29) is 11.2 Å². The van der Waals surface area contributed by atoms with E-state index in [4.69, 9.17) is 11.6 Å². The monoisotopic (exact) mass is 411 g/mol. The van der Waals surface area contributed by atoms with Crippen LogP contribution < -0.4 is 10.6 Å². The molecule has 2 rings (SSSR count). The second kappa shape index (κ2) is 10.4. The summed E-state index contributed by atoms with van der Waals surface area (Å²) in [6, 6.07) is 4.58. The Morgan fingerprint density at radius 2 is 1.93 bits per heavy atom. The number of rotatable bonds is 7. The molecule has 7 heteroatoms. The van der Waals surface area contributed by atoms with E-state index in [1.807, 2.05) is 0 Å². The van der Waals surface area contributed by atoms with Crippen LogP contribution in [0.4, 0.5) is 4.39 Å². The molecule has 0 aliphatic carbocycles. The molecule has 2 N–H and O–H groups in total. The minimum absolute atomic E-state index is 0.256. The highest BCUT2D eigenvalue weighted by Crippen LogP contribution is 2.29. The first kappa shape index (κ1) is 22.9. The molecule has 28 heavy (non-hydrogen) atoms. The summed E-state index contributed by atoms with van der Waals surface area (Å²) in [5.74, 6) is 0.988. The maximum Gasteiger partial charge on any atom is 0.191 e. The van der Waals surface area contributed by atoms with E-state index in [9.17, 15) is 4.39 Å². The van der Waals surface area contributed by atoms with Crippen molar-refractivity contribution in [1.29, 1.82) is 0 Å². The third-order valence-corrected chi connectivity index (χ3v) is 5.68. The van der Waals surface area contributed by atoms with Crippen LogP contribution in [0.5, 0.6) is 0 Å². The Labute approximate surface area is 174 Å². The highest BCUT2D eigenvalue weighted by molar-refractivity contribution is 6.31. The van der Waals surface area contributed by atoms with Crippen molar-refractivity contribution in [2.24, 2.45) is 10.9 Å². The maximum absolute atomic E-state index is 13.3. The number of hydrogen-bond donors (Lipinski definition) is 2. The predicted octanol–water partition coefficient (Wildman–Crippen LogP) is 2.81. The minimum Gasteiger partial charge on any atom is -0.356 e. The van der Waals surface area contributed by atoms with Gasteiger partial charge in [-0.1, -0.05) is 38.4 Å². The molecular weight excluding hydrogens is 377 g/mol. The first-order chi connectivity index (χ1) is 13.2. The Bertz CT molecular complexity index is 656. The van der Waals surface area contributed by atoms with Crippen molar-refractivity contribution in [3.63, 3.8) is 0 Å². The van der Waals surface area contributed by atoms with Gasteiger partial charge in [0.1, 0.15) is 5.82 Å². The maximum atomic E-state index is 13.3. The Morgan fingerprint density at radius 3 is 2.54 bits per heavy atom. The molecule has 158 valence electrons. The molecule has 5 nitrogen and oxygen atoms in total. The van der Waals surface area contributed by atoms with E-state index in [1.54, 1.807) is 13.1 Å². The Morgan fingerprint density at radius 1 is 1.25 bits per heavy atom. The number of guanidine groups is 1. The lowest BCUT2D eigenvalue weighted by molar-refractivity contribution is 0.139. The summed E-state index contributed by atoms with van der Waals surface area (Å²) in [4.78, 5) is 9.24. The lowest BCUT2D eigenvalue weighted by atomic mass is 9.84. The molecule has 1 aliphatic rings. The Kier molecular flexibility index (Phi) is 8.53. The van der Waals surface area contributed by atoms with E-state index < -0.39 is 0 Å². The summed E-state index contributed by atoms with van der Waals surface area (Å²) >= 11 is 6.25. The topological polar surface area (TPSA) is 42.9 Å². The van der Waals surface area contributed by atoms with Gasteiger partial charge in [0, 0.05) is 63.3 Å². The van der Waals surface area contributed by atoms with Crippen LogP contribution in [-0.2, 0) is 5.41 Å². The number of aliphatic imine (C=N–C) groups is 1. The van der Waals surface area contributed by atoms with Gasteiger partial charge >= 0.3 is 0 Å². The van der Waals surface area contributed by atoms with E-state index in [2.05, 4.69) is 53.2 Å². The van der Waals surface area contributed by atoms with Crippen molar-refractivity contribution in [2.45, 2.75) is 26.2 Å². The van der Waals surface area contributed by atoms with Crippen molar-refractivity contribution in [3.05, 3.63) is 34.6 Å². The largest absolute Gasteiger partial charge is 0.356 e. The number of likely N-dealkylation sites (N-methyl/N-ethyl adjacent to an activating group) is 1. The third kappa shape index (κ3) is 6.90. The fraction of sp³-hybridized carbons (Fsp3) is 0.667. The summed E-state index contributed by atoms with van der Waals surface area (Å²) in [6.45, 7) is 13.6. The van der Waals surface area contributed by atoms with Crippen LogP contribution in [0.2, 0.25) is 5.02 Å². The summed E-state index contributed by atoms with van der Waals surface area (Å²) in [6.07, 6.45) is 0. The average Bonchev–Trinajstić information content (AvgIpc) is 2.63. The van der Waals surface area contributed by atoms with Crippen molar-refractivity contribution < 1.29 is 4.39 Å². The SMILES string of the molecule is CN=C(NCC(C)CN1CCN(C)CC1)NCC(C)(C)c1ccc(F)cc1Cl. The fourth-order valence-corrected chi connectivity index (χ4v) is 3.89. The van der Waals surface area contributed by atoms with Gasteiger partial charge in [0.05, 0.1) is 0 Å². The van der Waals surface area contributed by atoms with E-state index in [0.717, 1.165) is 50.8 Å². The second-order valence-electron chi connectivity index (χ2n) is 8.52. The molecule has 0 saturated carbocycles. The van der Waals surface area contributed by atoms with Crippen LogP contribution >= 0.6 is 11.6 Å². The molecule has 0 aromatic heterocycles. The van der Waals surface area contributed by atoms with Crippen molar-refractivity contribution in [3.8, 4) is 0 Å². The van der Waals surface area contributed by atoms with Crippen LogP contribution in [0.1, 0.15) is 26.3 Å². The van der Waals surface area contributed by atoms with E-state index >= 15 is 0 Å². The second-order valence-corrected chi connectivity index (χ2v) is 8.93. The van der Waals surface area contributed by atoms with E-state index in [1.165, 1.54) is 12.1 Å². The smallest absolute Gasteiger partial charge is 0.191 e. The molecule has 1 heterocycles. The highest BCUT2D eigenvalue weighted by atomic mass is 35.5. The number of benzene rings is 1. The molecule has 1 fully saturated rings. The van der Waals surface area contributed by atoms with Gasteiger partial charge < -0.3 is 20.4 Å².